The minimum Gasteiger partial charge on any atom is -0.305 e. The number of aromatic nitrogens is 3. The molecule has 4 heterocycles. The molecule has 0 bridgehead atoms. The Kier molecular flexibility index (Phi) is 3.31. The van der Waals surface area contributed by atoms with E-state index in [1.807, 2.05) is 29.4 Å². The lowest BCUT2D eigenvalue weighted by molar-refractivity contribution is -0.117. The molecule has 6 nitrogen and oxygen atoms in total. The summed E-state index contributed by atoms with van der Waals surface area (Å²) in [5.74, 6) is 0.171. The van der Waals surface area contributed by atoms with Crippen molar-refractivity contribution in [2.45, 2.75) is 31.5 Å². The van der Waals surface area contributed by atoms with Crippen LogP contribution in [0.15, 0.2) is 43.2 Å². The Morgan fingerprint density at radius 2 is 1.86 bits per heavy atom. The van der Waals surface area contributed by atoms with E-state index in [9.17, 15) is 4.79 Å². The van der Waals surface area contributed by atoms with Crippen LogP contribution < -0.4 is 4.90 Å². The molecule has 2 fully saturated rings. The Labute approximate surface area is 128 Å². The predicted molar refractivity (Wildman–Crippen MR) is 81.0 cm³/mol. The van der Waals surface area contributed by atoms with Crippen LogP contribution in [-0.2, 0) is 11.3 Å². The van der Waals surface area contributed by atoms with Gasteiger partial charge in [-0.25, -0.2) is 9.97 Å². The number of pyridine rings is 1. The van der Waals surface area contributed by atoms with Crippen LogP contribution in [0.25, 0.3) is 0 Å². The molecule has 2 unspecified atom stereocenters. The SMILES string of the molecule is O=C1CC2C(CCN2Cc2ccncc2)N1c1cncnc1. The Hall–Kier alpha value is -2.34. The molecule has 2 saturated heterocycles. The van der Waals surface area contributed by atoms with E-state index in [4.69, 9.17) is 0 Å². The highest BCUT2D eigenvalue weighted by atomic mass is 16.2. The van der Waals surface area contributed by atoms with Gasteiger partial charge >= 0.3 is 0 Å². The summed E-state index contributed by atoms with van der Waals surface area (Å²) in [6, 6.07) is 4.58. The molecule has 22 heavy (non-hydrogen) atoms. The summed E-state index contributed by atoms with van der Waals surface area (Å²) in [6.45, 7) is 1.88. The van der Waals surface area contributed by atoms with E-state index in [2.05, 4.69) is 19.9 Å². The molecule has 0 saturated carbocycles. The van der Waals surface area contributed by atoms with Crippen LogP contribution in [0.1, 0.15) is 18.4 Å². The molecule has 0 aliphatic carbocycles. The number of likely N-dealkylation sites (tertiary alicyclic amines) is 1. The summed E-state index contributed by atoms with van der Waals surface area (Å²) in [5.41, 5.74) is 2.05. The number of hydrogen-bond donors (Lipinski definition) is 0. The first-order chi connectivity index (χ1) is 10.8. The minimum absolute atomic E-state index is 0.171. The van der Waals surface area contributed by atoms with Crippen molar-refractivity contribution in [1.29, 1.82) is 0 Å². The van der Waals surface area contributed by atoms with Gasteiger partial charge in [-0.05, 0) is 24.1 Å². The van der Waals surface area contributed by atoms with Crippen molar-refractivity contribution in [1.82, 2.24) is 19.9 Å². The number of carbonyl (C=O) groups excluding carboxylic acids is 1. The quantitative estimate of drug-likeness (QED) is 0.853. The normalized spacial score (nSPS) is 24.7. The molecular formula is C16H17N5O. The van der Waals surface area contributed by atoms with Gasteiger partial charge in [0.05, 0.1) is 24.1 Å². The van der Waals surface area contributed by atoms with Gasteiger partial charge < -0.3 is 4.90 Å². The Morgan fingerprint density at radius 3 is 2.64 bits per heavy atom. The summed E-state index contributed by atoms with van der Waals surface area (Å²) in [5, 5.41) is 0. The molecule has 1 amide bonds. The zero-order valence-corrected chi connectivity index (χ0v) is 12.2. The van der Waals surface area contributed by atoms with Gasteiger partial charge in [0.15, 0.2) is 0 Å². The Morgan fingerprint density at radius 1 is 1.09 bits per heavy atom. The fourth-order valence-corrected chi connectivity index (χ4v) is 3.60. The molecular weight excluding hydrogens is 278 g/mol. The van der Waals surface area contributed by atoms with Crippen LogP contribution in [0.2, 0.25) is 0 Å². The highest BCUT2D eigenvalue weighted by Crippen LogP contribution is 2.36. The van der Waals surface area contributed by atoms with Gasteiger partial charge in [0.25, 0.3) is 0 Å². The number of anilines is 1. The minimum atomic E-state index is 0.171. The maximum Gasteiger partial charge on any atom is 0.229 e. The van der Waals surface area contributed by atoms with Crippen LogP contribution in [0.3, 0.4) is 0 Å². The first-order valence-electron chi connectivity index (χ1n) is 7.53. The number of fused-ring (bicyclic) bond motifs is 1. The standard InChI is InChI=1S/C16H17N5O/c22-16-7-15-14(21(16)13-8-18-11-19-9-13)3-6-20(15)10-12-1-4-17-5-2-12/h1-2,4-5,8-9,11,14-15H,3,6-7,10H2. The van der Waals surface area contributed by atoms with E-state index in [0.717, 1.165) is 25.2 Å². The molecule has 2 aliphatic heterocycles. The third-order valence-electron chi connectivity index (χ3n) is 4.57. The van der Waals surface area contributed by atoms with E-state index in [-0.39, 0.29) is 18.0 Å². The second-order valence-corrected chi connectivity index (χ2v) is 5.81. The van der Waals surface area contributed by atoms with Gasteiger partial charge in [0.2, 0.25) is 5.91 Å². The predicted octanol–water partition coefficient (Wildman–Crippen LogP) is 1.25. The van der Waals surface area contributed by atoms with Crippen LogP contribution in [0.5, 0.6) is 0 Å². The fourth-order valence-electron chi connectivity index (χ4n) is 3.60. The van der Waals surface area contributed by atoms with Crippen molar-refractivity contribution >= 4 is 11.6 Å². The van der Waals surface area contributed by atoms with Crippen molar-refractivity contribution in [2.24, 2.45) is 0 Å². The molecule has 2 aromatic heterocycles. The molecule has 2 aromatic rings. The monoisotopic (exact) mass is 295 g/mol. The number of carbonyl (C=O) groups is 1. The maximum absolute atomic E-state index is 12.4. The lowest BCUT2D eigenvalue weighted by Crippen LogP contribution is -2.37. The fraction of sp³-hybridized carbons (Fsp3) is 0.375. The average Bonchev–Trinajstić information content (AvgIpc) is 3.08. The second kappa shape index (κ2) is 5.46. The van der Waals surface area contributed by atoms with Crippen LogP contribution >= 0.6 is 0 Å². The Balaban J connectivity index is 1.54. The van der Waals surface area contributed by atoms with Crippen LogP contribution in [0, 0.1) is 0 Å². The molecule has 0 spiro atoms. The van der Waals surface area contributed by atoms with E-state index < -0.39 is 0 Å². The number of amides is 1. The smallest absolute Gasteiger partial charge is 0.229 e. The summed E-state index contributed by atoms with van der Waals surface area (Å²) in [7, 11) is 0. The third-order valence-corrected chi connectivity index (χ3v) is 4.57. The molecule has 6 heteroatoms. The van der Waals surface area contributed by atoms with E-state index in [0.29, 0.717) is 6.42 Å². The molecule has 2 atom stereocenters. The molecule has 0 aromatic carbocycles. The van der Waals surface area contributed by atoms with Gasteiger partial charge in [0, 0.05) is 37.9 Å². The number of hydrogen-bond acceptors (Lipinski definition) is 5. The second-order valence-electron chi connectivity index (χ2n) is 5.81. The van der Waals surface area contributed by atoms with Gasteiger partial charge in [-0.15, -0.1) is 0 Å². The molecule has 112 valence electrons. The van der Waals surface area contributed by atoms with Crippen molar-refractivity contribution in [2.75, 3.05) is 11.4 Å². The summed E-state index contributed by atoms with van der Waals surface area (Å²) < 4.78 is 0. The largest absolute Gasteiger partial charge is 0.305 e. The maximum atomic E-state index is 12.4. The number of nitrogens with zero attached hydrogens (tertiary/aromatic N) is 5. The van der Waals surface area contributed by atoms with E-state index in [1.54, 1.807) is 12.4 Å². The Bertz CT molecular complexity index is 663. The molecule has 0 N–H and O–H groups in total. The van der Waals surface area contributed by atoms with Crippen molar-refractivity contribution < 1.29 is 4.79 Å². The molecule has 2 aliphatic rings. The van der Waals surface area contributed by atoms with Gasteiger partial charge in [-0.2, -0.15) is 0 Å². The molecule has 0 radical (unpaired) electrons. The highest BCUT2D eigenvalue weighted by molar-refractivity contribution is 5.97. The third kappa shape index (κ3) is 2.25. The first-order valence-corrected chi connectivity index (χ1v) is 7.53. The summed E-state index contributed by atoms with van der Waals surface area (Å²) in [6.07, 6.45) is 10.1. The van der Waals surface area contributed by atoms with Gasteiger partial charge in [0.1, 0.15) is 6.33 Å². The highest BCUT2D eigenvalue weighted by Gasteiger charge is 2.47. The summed E-state index contributed by atoms with van der Waals surface area (Å²) >= 11 is 0. The van der Waals surface area contributed by atoms with Crippen LogP contribution in [0.4, 0.5) is 5.69 Å². The van der Waals surface area contributed by atoms with Crippen molar-refractivity contribution in [3.8, 4) is 0 Å². The van der Waals surface area contributed by atoms with Gasteiger partial charge in [-0.1, -0.05) is 0 Å². The lowest BCUT2D eigenvalue weighted by atomic mass is 10.1. The van der Waals surface area contributed by atoms with Crippen molar-refractivity contribution in [3.63, 3.8) is 0 Å². The van der Waals surface area contributed by atoms with E-state index in [1.165, 1.54) is 11.9 Å². The molecule has 4 rings (SSSR count). The number of rotatable bonds is 3. The van der Waals surface area contributed by atoms with Crippen molar-refractivity contribution in [3.05, 3.63) is 48.8 Å². The van der Waals surface area contributed by atoms with Crippen LogP contribution in [-0.4, -0.2) is 44.4 Å². The lowest BCUT2D eigenvalue weighted by Gasteiger charge is -2.25. The van der Waals surface area contributed by atoms with E-state index >= 15 is 0 Å². The zero-order chi connectivity index (χ0) is 14.9. The summed E-state index contributed by atoms with van der Waals surface area (Å²) in [4.78, 5) is 28.8. The topological polar surface area (TPSA) is 62.2 Å². The first kappa shape index (κ1) is 13.3. The average molecular weight is 295 g/mol. The zero-order valence-electron chi connectivity index (χ0n) is 12.2. The van der Waals surface area contributed by atoms with Gasteiger partial charge in [-0.3, -0.25) is 14.7 Å².